The van der Waals surface area contributed by atoms with Gasteiger partial charge in [0.1, 0.15) is 0 Å². The van der Waals surface area contributed by atoms with Crippen molar-refractivity contribution in [2.45, 2.75) is 0 Å². The van der Waals surface area contributed by atoms with Crippen LogP contribution < -0.4 is 5.73 Å². The van der Waals surface area contributed by atoms with Crippen LogP contribution in [0.5, 0.6) is 0 Å². The molecule has 1 aromatic rings. The van der Waals surface area contributed by atoms with Crippen molar-refractivity contribution in [3.63, 3.8) is 0 Å². The van der Waals surface area contributed by atoms with Gasteiger partial charge in [-0.15, -0.1) is 0 Å². The van der Waals surface area contributed by atoms with E-state index in [0.29, 0.717) is 4.48 Å². The first-order valence-electron chi connectivity index (χ1n) is 4.67. The Morgan fingerprint density at radius 2 is 1.82 bits per heavy atom. The number of amides is 1. The molecule has 1 aromatic carbocycles. The molecule has 0 radical (unpaired) electrons. The van der Waals surface area contributed by atoms with E-state index in [2.05, 4.69) is 15.9 Å². The highest BCUT2D eigenvalue weighted by Crippen LogP contribution is 2.20. The second-order valence-electron chi connectivity index (χ2n) is 3.16. The lowest BCUT2D eigenvalue weighted by molar-refractivity contribution is -0.131. The van der Waals surface area contributed by atoms with E-state index in [1.807, 2.05) is 30.3 Å². The lowest BCUT2D eigenvalue weighted by atomic mass is 10.1. The number of aliphatic carboxylic acids is 1. The van der Waals surface area contributed by atoms with Crippen LogP contribution in [0.1, 0.15) is 5.56 Å². The highest BCUT2D eigenvalue weighted by atomic mass is 79.9. The van der Waals surface area contributed by atoms with Crippen molar-refractivity contribution < 1.29 is 14.7 Å². The molecule has 0 aliphatic rings. The second-order valence-corrected chi connectivity index (χ2v) is 4.02. The molecular weight excluding hydrogens is 286 g/mol. The molecule has 0 unspecified atom stereocenters. The van der Waals surface area contributed by atoms with Gasteiger partial charge in [-0.2, -0.15) is 0 Å². The summed E-state index contributed by atoms with van der Waals surface area (Å²) in [5.41, 5.74) is 5.85. The first-order chi connectivity index (χ1) is 8.00. The molecule has 1 amide bonds. The second kappa shape index (κ2) is 6.00. The Labute approximate surface area is 107 Å². The zero-order chi connectivity index (χ0) is 12.8. The van der Waals surface area contributed by atoms with E-state index in [0.717, 1.165) is 11.6 Å². The lowest BCUT2D eigenvalue weighted by Gasteiger charge is -2.01. The normalized spacial score (nSPS) is 12.3. The number of carboxylic acids is 1. The highest BCUT2D eigenvalue weighted by molar-refractivity contribution is 9.12. The van der Waals surface area contributed by atoms with Crippen LogP contribution in [0.15, 0.2) is 46.5 Å². The van der Waals surface area contributed by atoms with Crippen molar-refractivity contribution in [2.75, 3.05) is 0 Å². The minimum Gasteiger partial charge on any atom is -0.478 e. The van der Waals surface area contributed by atoms with Gasteiger partial charge in [0.2, 0.25) is 5.91 Å². The predicted octanol–water partition coefficient (Wildman–Crippen LogP) is 1.92. The summed E-state index contributed by atoms with van der Waals surface area (Å²) in [5.74, 6) is -2.02. The monoisotopic (exact) mass is 295 g/mol. The smallest absolute Gasteiger partial charge is 0.329 e. The number of carboxylic acid groups (broad SMARTS) is 1. The Morgan fingerprint density at radius 1 is 1.24 bits per heavy atom. The summed E-state index contributed by atoms with van der Waals surface area (Å²) in [4.78, 5) is 21.6. The van der Waals surface area contributed by atoms with Crippen molar-refractivity contribution in [1.29, 1.82) is 0 Å². The van der Waals surface area contributed by atoms with Gasteiger partial charge in [0.25, 0.3) is 0 Å². The van der Waals surface area contributed by atoms with Gasteiger partial charge in [-0.3, -0.25) is 4.79 Å². The van der Waals surface area contributed by atoms with Gasteiger partial charge in [0, 0.05) is 10.6 Å². The fourth-order valence-corrected chi connectivity index (χ4v) is 1.73. The van der Waals surface area contributed by atoms with Gasteiger partial charge in [0.15, 0.2) is 0 Å². The van der Waals surface area contributed by atoms with Gasteiger partial charge < -0.3 is 10.8 Å². The molecule has 88 valence electrons. The summed E-state index contributed by atoms with van der Waals surface area (Å²) >= 11 is 3.14. The Morgan fingerprint density at radius 3 is 2.29 bits per heavy atom. The third-order valence-corrected chi connectivity index (χ3v) is 2.54. The Hall–Kier alpha value is -1.88. The average molecular weight is 296 g/mol. The van der Waals surface area contributed by atoms with E-state index >= 15 is 0 Å². The predicted molar refractivity (Wildman–Crippen MR) is 68.3 cm³/mol. The van der Waals surface area contributed by atoms with Crippen LogP contribution in [0.4, 0.5) is 0 Å². The van der Waals surface area contributed by atoms with E-state index in [4.69, 9.17) is 10.8 Å². The SMILES string of the molecule is NC(=O)C(=C\C(=O)O)/C(Br)=C/c1ccccc1. The summed E-state index contributed by atoms with van der Waals surface area (Å²) in [5, 5.41) is 8.62. The molecule has 0 atom stereocenters. The van der Waals surface area contributed by atoms with Crippen LogP contribution >= 0.6 is 15.9 Å². The van der Waals surface area contributed by atoms with Crippen molar-refractivity contribution in [1.82, 2.24) is 0 Å². The maximum absolute atomic E-state index is 11.1. The molecule has 0 heterocycles. The summed E-state index contributed by atoms with van der Waals surface area (Å²) < 4.78 is 0.332. The number of hydrogen-bond donors (Lipinski definition) is 2. The lowest BCUT2D eigenvalue weighted by Crippen LogP contribution is -2.15. The quantitative estimate of drug-likeness (QED) is 0.658. The molecule has 0 saturated heterocycles. The Kier molecular flexibility index (Phi) is 4.66. The fourth-order valence-electron chi connectivity index (χ4n) is 1.15. The molecule has 0 saturated carbocycles. The summed E-state index contributed by atoms with van der Waals surface area (Å²) in [6.45, 7) is 0. The Bertz CT molecular complexity index is 492. The number of hydrogen-bond acceptors (Lipinski definition) is 2. The van der Waals surface area contributed by atoms with Crippen LogP contribution in [0.2, 0.25) is 0 Å². The third-order valence-electron chi connectivity index (χ3n) is 1.88. The topological polar surface area (TPSA) is 80.4 Å². The average Bonchev–Trinajstić information content (AvgIpc) is 2.26. The van der Waals surface area contributed by atoms with E-state index in [9.17, 15) is 9.59 Å². The molecule has 0 spiro atoms. The van der Waals surface area contributed by atoms with E-state index < -0.39 is 11.9 Å². The van der Waals surface area contributed by atoms with Crippen LogP contribution in [0.3, 0.4) is 0 Å². The van der Waals surface area contributed by atoms with Gasteiger partial charge in [-0.05, 0) is 27.6 Å². The molecule has 0 aromatic heterocycles. The number of benzene rings is 1. The first-order valence-corrected chi connectivity index (χ1v) is 5.47. The minimum atomic E-state index is -1.22. The van der Waals surface area contributed by atoms with Crippen LogP contribution in [0, 0.1) is 0 Å². The molecule has 4 nitrogen and oxygen atoms in total. The van der Waals surface area contributed by atoms with Gasteiger partial charge >= 0.3 is 5.97 Å². The number of nitrogens with two attached hydrogens (primary N) is 1. The molecule has 0 aliphatic carbocycles. The molecule has 3 N–H and O–H groups in total. The number of carbonyl (C=O) groups excluding carboxylic acids is 1. The van der Waals surface area contributed by atoms with Crippen molar-refractivity contribution in [3.8, 4) is 0 Å². The van der Waals surface area contributed by atoms with Crippen molar-refractivity contribution >= 4 is 33.9 Å². The van der Waals surface area contributed by atoms with Gasteiger partial charge in [-0.25, -0.2) is 4.79 Å². The van der Waals surface area contributed by atoms with Gasteiger partial charge in [-0.1, -0.05) is 30.3 Å². The summed E-state index contributed by atoms with van der Waals surface area (Å²) in [6.07, 6.45) is 2.39. The number of rotatable bonds is 4. The number of carbonyl (C=O) groups is 2. The molecule has 1 rings (SSSR count). The molecule has 0 fully saturated rings. The summed E-state index contributed by atoms with van der Waals surface area (Å²) in [7, 11) is 0. The first kappa shape index (κ1) is 13.2. The molecular formula is C12H10BrNO3. The molecule has 17 heavy (non-hydrogen) atoms. The molecule has 0 aliphatic heterocycles. The zero-order valence-corrected chi connectivity index (χ0v) is 10.3. The zero-order valence-electron chi connectivity index (χ0n) is 8.76. The largest absolute Gasteiger partial charge is 0.478 e. The minimum absolute atomic E-state index is 0.0821. The van der Waals surface area contributed by atoms with Crippen LogP contribution in [-0.4, -0.2) is 17.0 Å². The Balaban J connectivity index is 3.09. The molecule has 5 heteroatoms. The highest BCUT2D eigenvalue weighted by Gasteiger charge is 2.10. The van der Waals surface area contributed by atoms with Crippen molar-refractivity contribution in [3.05, 3.63) is 52.0 Å². The summed E-state index contributed by atoms with van der Waals surface area (Å²) in [6, 6.07) is 9.16. The van der Waals surface area contributed by atoms with E-state index in [1.165, 1.54) is 0 Å². The number of primary amides is 1. The van der Waals surface area contributed by atoms with Crippen LogP contribution in [0.25, 0.3) is 6.08 Å². The maximum atomic E-state index is 11.1. The van der Waals surface area contributed by atoms with E-state index in [-0.39, 0.29) is 5.57 Å². The fraction of sp³-hybridized carbons (Fsp3) is 0. The third kappa shape index (κ3) is 4.24. The maximum Gasteiger partial charge on any atom is 0.329 e. The number of halogens is 1. The van der Waals surface area contributed by atoms with Gasteiger partial charge in [0.05, 0.1) is 5.57 Å². The van der Waals surface area contributed by atoms with Crippen molar-refractivity contribution in [2.24, 2.45) is 5.73 Å². The molecule has 0 bridgehead atoms. The standard InChI is InChI=1S/C12H10BrNO3/c13-10(6-8-4-2-1-3-5-8)9(12(14)17)7-11(15)16/h1-7H,(H2,14,17)(H,15,16)/b9-7-,10-6-. The van der Waals surface area contributed by atoms with E-state index in [1.54, 1.807) is 6.08 Å². The van der Waals surface area contributed by atoms with Crippen LogP contribution in [-0.2, 0) is 9.59 Å².